The summed E-state index contributed by atoms with van der Waals surface area (Å²) in [7, 11) is 2.18. The third kappa shape index (κ3) is 3.53. The van der Waals surface area contributed by atoms with Crippen LogP contribution < -0.4 is 11.1 Å². The summed E-state index contributed by atoms with van der Waals surface area (Å²) in [6.45, 7) is 8.62. The molecule has 0 aliphatic carbocycles. The third-order valence-electron chi connectivity index (χ3n) is 6.23. The lowest BCUT2D eigenvalue weighted by molar-refractivity contribution is 0.0350. The lowest BCUT2D eigenvalue weighted by atomic mass is 9.85. The van der Waals surface area contributed by atoms with E-state index in [1.807, 2.05) is 0 Å². The fraction of sp³-hybridized carbons (Fsp3) is 0.737. The summed E-state index contributed by atoms with van der Waals surface area (Å²) < 4.78 is 5.46. The van der Waals surface area contributed by atoms with Crippen LogP contribution in [0.25, 0.3) is 0 Å². The van der Waals surface area contributed by atoms with E-state index in [-0.39, 0.29) is 5.54 Å². The second-order valence-corrected chi connectivity index (χ2v) is 7.86. The Hall–Kier alpha value is -1.77. The molecule has 1 unspecified atom stereocenters. The van der Waals surface area contributed by atoms with E-state index < -0.39 is 0 Å². The fourth-order valence-corrected chi connectivity index (χ4v) is 4.37. The summed E-state index contributed by atoms with van der Waals surface area (Å²) in [6, 6.07) is 0.389. The number of likely N-dealkylation sites (N-methyl/N-ethyl adjacent to an activating group) is 1. The van der Waals surface area contributed by atoms with E-state index in [4.69, 9.17) is 15.5 Å². The van der Waals surface area contributed by atoms with Crippen molar-refractivity contribution in [1.29, 1.82) is 0 Å². The molecule has 148 valence electrons. The fourth-order valence-electron chi connectivity index (χ4n) is 4.37. The molecule has 0 radical (unpaired) electrons. The summed E-state index contributed by atoms with van der Waals surface area (Å²) in [6.07, 6.45) is 4.74. The molecule has 8 nitrogen and oxygen atoms in total. The maximum Gasteiger partial charge on any atom is 0.146 e. The van der Waals surface area contributed by atoms with Crippen molar-refractivity contribution in [1.82, 2.24) is 19.8 Å². The zero-order valence-corrected chi connectivity index (χ0v) is 16.4. The first kappa shape index (κ1) is 18.6. The van der Waals surface area contributed by atoms with Crippen molar-refractivity contribution in [2.75, 3.05) is 58.3 Å². The smallest absolute Gasteiger partial charge is 0.146 e. The molecular formula is C19H31N7O. The number of fused-ring (bicyclic) bond motifs is 1. The Morgan fingerprint density at radius 1 is 1.26 bits per heavy atom. The number of nitrogens with zero attached hydrogens (tertiary/aromatic N) is 5. The second-order valence-electron chi connectivity index (χ2n) is 7.86. The van der Waals surface area contributed by atoms with E-state index in [0.717, 1.165) is 75.9 Å². The number of hydrogen-bond donors (Lipinski definition) is 2. The largest absolute Gasteiger partial charge is 0.382 e. The molecule has 4 rings (SSSR count). The predicted molar refractivity (Wildman–Crippen MR) is 106 cm³/mol. The highest BCUT2D eigenvalue weighted by atomic mass is 16.5. The van der Waals surface area contributed by atoms with Crippen LogP contribution in [0.2, 0.25) is 0 Å². The quantitative estimate of drug-likeness (QED) is 0.800. The molecule has 2 fully saturated rings. The maximum atomic E-state index is 6.19. The van der Waals surface area contributed by atoms with Crippen molar-refractivity contribution < 1.29 is 4.74 Å². The molecule has 1 aromatic heterocycles. The van der Waals surface area contributed by atoms with Crippen LogP contribution in [0.15, 0.2) is 11.2 Å². The standard InChI is InChI=1S/C19H31N7O/c1-3-19(26-8-6-25(2)7-9-26)13-22-18(20)16-17(19)24-15(12-21-16)23-14-4-10-27-11-5-14/h12,14H,3-11,13H2,1-2H3,(H2,20,22)(H,23,24). The van der Waals surface area contributed by atoms with Crippen LogP contribution >= 0.6 is 0 Å². The summed E-state index contributed by atoms with van der Waals surface area (Å²) in [5, 5.41) is 3.56. The lowest BCUT2D eigenvalue weighted by Gasteiger charge is -2.47. The molecule has 0 aromatic carbocycles. The van der Waals surface area contributed by atoms with Crippen LogP contribution in [0, 0.1) is 0 Å². The molecule has 0 saturated carbocycles. The third-order valence-corrected chi connectivity index (χ3v) is 6.23. The van der Waals surface area contributed by atoms with Crippen LogP contribution in [-0.4, -0.2) is 84.6 Å². The molecule has 3 aliphatic heterocycles. The van der Waals surface area contributed by atoms with Gasteiger partial charge in [-0.15, -0.1) is 0 Å². The van der Waals surface area contributed by atoms with Gasteiger partial charge < -0.3 is 20.7 Å². The Bertz CT molecular complexity index is 695. The first-order chi connectivity index (χ1) is 13.1. The molecule has 27 heavy (non-hydrogen) atoms. The molecule has 4 heterocycles. The molecule has 0 bridgehead atoms. The Morgan fingerprint density at radius 2 is 2.00 bits per heavy atom. The van der Waals surface area contributed by atoms with E-state index in [1.165, 1.54) is 0 Å². The zero-order valence-electron chi connectivity index (χ0n) is 16.4. The average Bonchev–Trinajstić information content (AvgIpc) is 2.70. The Morgan fingerprint density at radius 3 is 2.70 bits per heavy atom. The molecule has 3 N–H and O–H groups in total. The number of aliphatic imine (C=N–C) groups is 1. The van der Waals surface area contributed by atoms with Crippen LogP contribution in [0.3, 0.4) is 0 Å². The SMILES string of the molecule is CCC1(N2CCN(C)CC2)CN=C(N)c2ncc(NC3CCOCC3)nc21. The van der Waals surface area contributed by atoms with Crippen LogP contribution in [-0.2, 0) is 10.3 Å². The first-order valence-corrected chi connectivity index (χ1v) is 10.1. The van der Waals surface area contributed by atoms with Gasteiger partial charge in [0.05, 0.1) is 24.0 Å². The number of anilines is 1. The van der Waals surface area contributed by atoms with Gasteiger partial charge in [0.25, 0.3) is 0 Å². The summed E-state index contributed by atoms with van der Waals surface area (Å²) in [4.78, 5) is 19.3. The summed E-state index contributed by atoms with van der Waals surface area (Å²) in [5.41, 5.74) is 7.70. The molecule has 0 amide bonds. The van der Waals surface area contributed by atoms with Gasteiger partial charge in [0, 0.05) is 45.4 Å². The van der Waals surface area contributed by atoms with Crippen LogP contribution in [0.5, 0.6) is 0 Å². The van der Waals surface area contributed by atoms with Gasteiger partial charge in [-0.3, -0.25) is 9.89 Å². The van der Waals surface area contributed by atoms with Crippen molar-refractivity contribution in [3.8, 4) is 0 Å². The highest BCUT2D eigenvalue weighted by Crippen LogP contribution is 2.37. The molecule has 3 aliphatic rings. The molecule has 1 atom stereocenters. The maximum absolute atomic E-state index is 6.19. The Kier molecular flexibility index (Phi) is 5.29. The number of rotatable bonds is 4. The Balaban J connectivity index is 1.66. The molecule has 8 heteroatoms. The highest BCUT2D eigenvalue weighted by Gasteiger charge is 2.44. The zero-order chi connectivity index (χ0) is 18.9. The van der Waals surface area contributed by atoms with E-state index >= 15 is 0 Å². The van der Waals surface area contributed by atoms with Crippen molar-refractivity contribution in [3.05, 3.63) is 17.6 Å². The van der Waals surface area contributed by atoms with Gasteiger partial charge in [0.15, 0.2) is 0 Å². The number of nitrogens with two attached hydrogens (primary N) is 1. The molecular weight excluding hydrogens is 342 g/mol. The minimum absolute atomic E-state index is 0.222. The second kappa shape index (κ2) is 7.69. The van der Waals surface area contributed by atoms with Gasteiger partial charge in [0.1, 0.15) is 17.3 Å². The van der Waals surface area contributed by atoms with E-state index in [2.05, 4.69) is 39.1 Å². The van der Waals surface area contributed by atoms with Gasteiger partial charge in [-0.25, -0.2) is 9.97 Å². The summed E-state index contributed by atoms with van der Waals surface area (Å²) in [5.74, 6) is 1.34. The molecule has 1 aromatic rings. The number of piperazine rings is 1. The topological polar surface area (TPSA) is 91.9 Å². The minimum Gasteiger partial charge on any atom is -0.382 e. The van der Waals surface area contributed by atoms with Gasteiger partial charge in [-0.05, 0) is 26.3 Å². The average molecular weight is 374 g/mol. The van der Waals surface area contributed by atoms with Crippen LogP contribution in [0.4, 0.5) is 5.82 Å². The van der Waals surface area contributed by atoms with Crippen LogP contribution in [0.1, 0.15) is 37.6 Å². The van der Waals surface area contributed by atoms with Gasteiger partial charge in [-0.1, -0.05) is 6.92 Å². The van der Waals surface area contributed by atoms with Crippen molar-refractivity contribution in [2.45, 2.75) is 37.8 Å². The number of aromatic nitrogens is 2. The molecule has 0 spiro atoms. The lowest BCUT2D eigenvalue weighted by Crippen LogP contribution is -2.58. The van der Waals surface area contributed by atoms with Gasteiger partial charge >= 0.3 is 0 Å². The number of ether oxygens (including phenoxy) is 1. The van der Waals surface area contributed by atoms with Crippen molar-refractivity contribution in [3.63, 3.8) is 0 Å². The van der Waals surface area contributed by atoms with Crippen molar-refractivity contribution in [2.24, 2.45) is 10.7 Å². The normalized spacial score (nSPS) is 27.9. The van der Waals surface area contributed by atoms with E-state index in [0.29, 0.717) is 18.4 Å². The van der Waals surface area contributed by atoms with Crippen molar-refractivity contribution >= 4 is 11.7 Å². The number of amidine groups is 1. The first-order valence-electron chi connectivity index (χ1n) is 10.1. The molecule has 2 saturated heterocycles. The number of hydrogen-bond acceptors (Lipinski definition) is 8. The highest BCUT2D eigenvalue weighted by molar-refractivity contribution is 5.98. The predicted octanol–water partition coefficient (Wildman–Crippen LogP) is 0.639. The van der Waals surface area contributed by atoms with Gasteiger partial charge in [-0.2, -0.15) is 0 Å². The van der Waals surface area contributed by atoms with Gasteiger partial charge in [0.2, 0.25) is 0 Å². The monoisotopic (exact) mass is 373 g/mol. The summed E-state index contributed by atoms with van der Waals surface area (Å²) >= 11 is 0. The van der Waals surface area contributed by atoms with E-state index in [9.17, 15) is 0 Å². The number of nitrogens with one attached hydrogen (secondary N) is 1. The Labute approximate surface area is 161 Å². The van der Waals surface area contributed by atoms with E-state index in [1.54, 1.807) is 6.20 Å². The minimum atomic E-state index is -0.222.